The van der Waals surface area contributed by atoms with E-state index < -0.39 is 12.3 Å². The Bertz CT molecular complexity index is 1450. The van der Waals surface area contributed by atoms with Crippen LogP contribution in [0.4, 0.5) is 16.3 Å². The van der Waals surface area contributed by atoms with E-state index in [2.05, 4.69) is 26.7 Å². The van der Waals surface area contributed by atoms with Gasteiger partial charge in [0.25, 0.3) is 0 Å². The Morgan fingerprint density at radius 1 is 1.18 bits per heavy atom. The first-order chi connectivity index (χ1) is 18.8. The number of rotatable bonds is 8. The van der Waals surface area contributed by atoms with Gasteiger partial charge in [-0.3, -0.25) is 14.4 Å². The van der Waals surface area contributed by atoms with E-state index in [0.717, 1.165) is 16.8 Å². The van der Waals surface area contributed by atoms with E-state index in [-0.39, 0.29) is 6.04 Å². The standard InChI is InChI=1S/C28H31Cl2N7O2/c1-19-17-34(13-14-35(19)23-10-5-9-22(29)26(23)30)25(38)11-6-12-36(28(31)39)24-15-20-16-32-18-33-27(20)37(24)21-7-3-2-4-8-21/h2-5,7-10,15-16,18-19,25,38H,6,11-14,17H2,1H3,(H2,31,39). The number of hydrogen-bond donors (Lipinski definition) is 2. The van der Waals surface area contributed by atoms with Crippen LogP contribution in [0.5, 0.6) is 0 Å². The molecule has 0 bridgehead atoms. The molecule has 3 heterocycles. The van der Waals surface area contributed by atoms with Crippen LogP contribution < -0.4 is 15.5 Å². The van der Waals surface area contributed by atoms with Gasteiger partial charge in [0, 0.05) is 49.5 Å². The number of aliphatic hydroxyl groups is 1. The molecule has 1 saturated heterocycles. The van der Waals surface area contributed by atoms with Crippen LogP contribution >= 0.6 is 23.2 Å². The van der Waals surface area contributed by atoms with Gasteiger partial charge in [-0.15, -0.1) is 0 Å². The van der Waals surface area contributed by atoms with E-state index in [0.29, 0.717) is 60.5 Å². The van der Waals surface area contributed by atoms with Crippen molar-refractivity contribution in [2.75, 3.05) is 36.0 Å². The molecule has 2 aromatic carbocycles. The van der Waals surface area contributed by atoms with Gasteiger partial charge in [-0.05, 0) is 50.1 Å². The number of nitrogens with two attached hydrogens (primary N) is 1. The van der Waals surface area contributed by atoms with Gasteiger partial charge in [-0.1, -0.05) is 47.5 Å². The van der Waals surface area contributed by atoms with Gasteiger partial charge in [0.15, 0.2) is 0 Å². The zero-order chi connectivity index (χ0) is 27.5. The molecule has 2 amide bonds. The number of piperazine rings is 1. The molecule has 0 spiro atoms. The van der Waals surface area contributed by atoms with Crippen LogP contribution in [0.15, 0.2) is 67.1 Å². The monoisotopic (exact) mass is 567 g/mol. The Balaban J connectivity index is 1.26. The van der Waals surface area contributed by atoms with Crippen molar-refractivity contribution in [1.82, 2.24) is 19.4 Å². The van der Waals surface area contributed by atoms with Crippen LogP contribution in [0, 0.1) is 0 Å². The fourth-order valence-electron chi connectivity index (χ4n) is 5.25. The fraction of sp³-hybridized carbons (Fsp3) is 0.321. The Kier molecular flexibility index (Phi) is 8.23. The molecule has 0 radical (unpaired) electrons. The summed E-state index contributed by atoms with van der Waals surface area (Å²) in [7, 11) is 0. The maximum absolute atomic E-state index is 12.6. The van der Waals surface area contributed by atoms with Gasteiger partial charge >= 0.3 is 6.03 Å². The Morgan fingerprint density at radius 3 is 2.72 bits per heavy atom. The number of carbonyl (C=O) groups is 1. The molecule has 39 heavy (non-hydrogen) atoms. The minimum atomic E-state index is -0.648. The van der Waals surface area contributed by atoms with Crippen LogP contribution in [0.2, 0.25) is 10.0 Å². The van der Waals surface area contributed by atoms with E-state index in [1.165, 1.54) is 11.2 Å². The summed E-state index contributed by atoms with van der Waals surface area (Å²) in [5.41, 5.74) is 8.30. The van der Waals surface area contributed by atoms with Gasteiger partial charge in [0.2, 0.25) is 0 Å². The number of benzene rings is 2. The summed E-state index contributed by atoms with van der Waals surface area (Å²) in [6.45, 7) is 4.51. The number of fused-ring (bicyclic) bond motifs is 1. The normalized spacial score (nSPS) is 16.9. The molecule has 1 aliphatic rings. The molecule has 204 valence electrons. The van der Waals surface area contributed by atoms with Crippen molar-refractivity contribution < 1.29 is 9.90 Å². The highest BCUT2D eigenvalue weighted by molar-refractivity contribution is 6.43. The number of nitrogens with zero attached hydrogens (tertiary/aromatic N) is 6. The minimum absolute atomic E-state index is 0.133. The highest BCUT2D eigenvalue weighted by Gasteiger charge is 2.29. The molecular formula is C28H31Cl2N7O2. The molecule has 5 rings (SSSR count). The first-order valence-electron chi connectivity index (χ1n) is 12.9. The molecule has 2 aromatic heterocycles. The number of hydrogen-bond acceptors (Lipinski definition) is 6. The molecule has 0 aliphatic carbocycles. The van der Waals surface area contributed by atoms with Crippen LogP contribution in [-0.2, 0) is 0 Å². The highest BCUT2D eigenvalue weighted by Crippen LogP contribution is 2.35. The predicted octanol–water partition coefficient (Wildman–Crippen LogP) is 4.92. The second kappa shape index (κ2) is 11.8. The summed E-state index contributed by atoms with van der Waals surface area (Å²) in [5, 5.41) is 12.9. The second-order valence-electron chi connectivity index (χ2n) is 9.70. The largest absolute Gasteiger partial charge is 0.378 e. The summed E-state index contributed by atoms with van der Waals surface area (Å²) in [6, 6.07) is 16.8. The van der Waals surface area contributed by atoms with Crippen LogP contribution in [0.1, 0.15) is 19.8 Å². The third-order valence-electron chi connectivity index (χ3n) is 7.17. The van der Waals surface area contributed by atoms with Gasteiger partial charge in [0.05, 0.1) is 15.7 Å². The number of aliphatic hydroxyl groups excluding tert-OH is 1. The number of para-hydroxylation sites is 1. The van der Waals surface area contributed by atoms with Crippen LogP contribution in [-0.4, -0.2) is 69.0 Å². The third-order valence-corrected chi connectivity index (χ3v) is 7.97. The minimum Gasteiger partial charge on any atom is -0.378 e. The number of urea groups is 1. The number of amides is 2. The molecule has 0 saturated carbocycles. The molecule has 9 nitrogen and oxygen atoms in total. The summed E-state index contributed by atoms with van der Waals surface area (Å²) in [5.74, 6) is 0.610. The third kappa shape index (κ3) is 5.67. The van der Waals surface area contributed by atoms with Gasteiger partial charge in [-0.25, -0.2) is 14.8 Å². The predicted molar refractivity (Wildman–Crippen MR) is 156 cm³/mol. The molecule has 1 aliphatic heterocycles. The summed E-state index contributed by atoms with van der Waals surface area (Å²) in [4.78, 5) is 27.0. The van der Waals surface area contributed by atoms with Crippen molar-refractivity contribution in [2.24, 2.45) is 5.73 Å². The topological polar surface area (TPSA) is 104 Å². The smallest absolute Gasteiger partial charge is 0.320 e. The number of aromatic nitrogens is 3. The summed E-state index contributed by atoms with van der Waals surface area (Å²) >= 11 is 12.7. The zero-order valence-electron chi connectivity index (χ0n) is 21.6. The molecule has 2 unspecified atom stereocenters. The van der Waals surface area contributed by atoms with E-state index >= 15 is 0 Å². The molecule has 1 fully saturated rings. The number of anilines is 2. The Labute approximate surface area is 237 Å². The zero-order valence-corrected chi connectivity index (χ0v) is 23.1. The molecule has 2 atom stereocenters. The fourth-order valence-corrected chi connectivity index (χ4v) is 5.65. The maximum atomic E-state index is 12.6. The van der Waals surface area contributed by atoms with E-state index in [1.807, 2.05) is 53.1 Å². The lowest BCUT2D eigenvalue weighted by Gasteiger charge is -2.43. The van der Waals surface area contributed by atoms with Crippen molar-refractivity contribution in [3.63, 3.8) is 0 Å². The van der Waals surface area contributed by atoms with Gasteiger partial charge < -0.3 is 15.7 Å². The average molecular weight is 569 g/mol. The Hall–Kier alpha value is -3.37. The quantitative estimate of drug-likeness (QED) is 0.313. The van der Waals surface area contributed by atoms with Crippen LogP contribution in [0.25, 0.3) is 16.7 Å². The van der Waals surface area contributed by atoms with E-state index in [9.17, 15) is 9.90 Å². The number of carbonyl (C=O) groups excluding carboxylic acids is 1. The maximum Gasteiger partial charge on any atom is 0.320 e. The molecular weight excluding hydrogens is 537 g/mol. The van der Waals surface area contributed by atoms with Crippen molar-refractivity contribution in [2.45, 2.75) is 32.0 Å². The second-order valence-corrected chi connectivity index (χ2v) is 10.5. The van der Waals surface area contributed by atoms with Crippen molar-refractivity contribution in [1.29, 1.82) is 0 Å². The summed E-state index contributed by atoms with van der Waals surface area (Å²) < 4.78 is 1.90. The van der Waals surface area contributed by atoms with Crippen molar-refractivity contribution in [3.05, 3.63) is 77.2 Å². The average Bonchev–Trinajstić information content (AvgIpc) is 3.32. The first kappa shape index (κ1) is 27.2. The summed E-state index contributed by atoms with van der Waals surface area (Å²) in [6.07, 6.45) is 3.59. The lowest BCUT2D eigenvalue weighted by molar-refractivity contribution is -0.0129. The van der Waals surface area contributed by atoms with Crippen molar-refractivity contribution in [3.8, 4) is 5.69 Å². The van der Waals surface area contributed by atoms with Crippen molar-refractivity contribution >= 4 is 51.8 Å². The molecule has 11 heteroatoms. The van der Waals surface area contributed by atoms with Gasteiger partial charge in [0.1, 0.15) is 24.0 Å². The lowest BCUT2D eigenvalue weighted by atomic mass is 10.1. The number of primary amides is 1. The first-order valence-corrected chi connectivity index (χ1v) is 13.7. The lowest BCUT2D eigenvalue weighted by Crippen LogP contribution is -2.55. The van der Waals surface area contributed by atoms with E-state index in [1.54, 1.807) is 12.3 Å². The SMILES string of the molecule is CC1CN(C(O)CCCN(C(N)=O)c2cc3cncnc3n2-c2ccccc2)CCN1c1cccc(Cl)c1Cl. The van der Waals surface area contributed by atoms with E-state index in [4.69, 9.17) is 28.9 Å². The number of halogens is 2. The van der Waals surface area contributed by atoms with Crippen LogP contribution in [0.3, 0.4) is 0 Å². The highest BCUT2D eigenvalue weighted by atomic mass is 35.5. The molecule has 4 aromatic rings. The van der Waals surface area contributed by atoms with Gasteiger partial charge in [-0.2, -0.15) is 0 Å². The Morgan fingerprint density at radius 2 is 1.97 bits per heavy atom. The molecule has 3 N–H and O–H groups in total.